The van der Waals surface area contributed by atoms with E-state index in [0.29, 0.717) is 18.2 Å². The number of rotatable bonds is 7. The molecule has 1 unspecified atom stereocenters. The minimum atomic E-state index is -0.813. The third-order valence-electron chi connectivity index (χ3n) is 2.74. The Balaban J connectivity index is 2.40. The summed E-state index contributed by atoms with van der Waals surface area (Å²) in [7, 11) is -0.813. The number of hydrogen-bond acceptors (Lipinski definition) is 3. The molecule has 0 aliphatic rings. The first-order chi connectivity index (χ1) is 8.76. The molecule has 0 aliphatic carbocycles. The molecule has 110 valence electrons. The lowest BCUT2D eigenvalue weighted by atomic mass is 10.1. The molecule has 0 aromatic carbocycles. The molecule has 0 saturated heterocycles. The van der Waals surface area contributed by atoms with Crippen LogP contribution in [0.15, 0.2) is 16.5 Å². The highest BCUT2D eigenvalue weighted by atomic mass is 32.2. The van der Waals surface area contributed by atoms with Crippen molar-refractivity contribution in [1.82, 2.24) is 5.32 Å². The maximum Gasteiger partial charge on any atom is 0.118 e. The molecular weight excluding hydrogens is 258 g/mol. The predicted molar refractivity (Wildman–Crippen MR) is 81.5 cm³/mol. The van der Waals surface area contributed by atoms with E-state index in [2.05, 4.69) is 39.9 Å². The minimum absolute atomic E-state index is 0.0764. The van der Waals surface area contributed by atoms with Crippen molar-refractivity contribution in [3.8, 4) is 0 Å². The van der Waals surface area contributed by atoms with E-state index >= 15 is 0 Å². The van der Waals surface area contributed by atoms with Gasteiger partial charge in [-0.1, -0.05) is 13.8 Å². The van der Waals surface area contributed by atoms with Crippen LogP contribution in [0.25, 0.3) is 0 Å². The lowest BCUT2D eigenvalue weighted by Crippen LogP contribution is -2.34. The van der Waals surface area contributed by atoms with Crippen LogP contribution < -0.4 is 5.32 Å². The van der Waals surface area contributed by atoms with Gasteiger partial charge in [0.1, 0.15) is 11.5 Å². The molecule has 0 bridgehead atoms. The largest absolute Gasteiger partial charge is 0.464 e. The van der Waals surface area contributed by atoms with Crippen LogP contribution in [0, 0.1) is 5.92 Å². The molecule has 1 N–H and O–H groups in total. The van der Waals surface area contributed by atoms with Gasteiger partial charge in [-0.3, -0.25) is 4.21 Å². The van der Waals surface area contributed by atoms with Crippen LogP contribution >= 0.6 is 0 Å². The van der Waals surface area contributed by atoms with E-state index in [1.54, 1.807) is 0 Å². The fraction of sp³-hybridized carbons (Fsp3) is 0.733. The summed E-state index contributed by atoms with van der Waals surface area (Å²) < 4.78 is 17.6. The highest BCUT2D eigenvalue weighted by molar-refractivity contribution is 7.84. The van der Waals surface area contributed by atoms with Gasteiger partial charge in [0, 0.05) is 22.1 Å². The van der Waals surface area contributed by atoms with E-state index in [-0.39, 0.29) is 5.54 Å². The van der Waals surface area contributed by atoms with E-state index in [1.807, 2.05) is 12.1 Å². The van der Waals surface area contributed by atoms with Gasteiger partial charge < -0.3 is 9.73 Å². The van der Waals surface area contributed by atoms with Crippen molar-refractivity contribution in [2.75, 3.05) is 5.75 Å². The molecule has 4 heteroatoms. The zero-order chi connectivity index (χ0) is 14.5. The Morgan fingerprint density at radius 1 is 1.26 bits per heavy atom. The van der Waals surface area contributed by atoms with Crippen LogP contribution in [0.4, 0.5) is 0 Å². The van der Waals surface area contributed by atoms with Crippen molar-refractivity contribution >= 4 is 10.8 Å². The Hall–Kier alpha value is -0.610. The molecule has 0 amide bonds. The molecule has 1 atom stereocenters. The molecule has 3 nitrogen and oxygen atoms in total. The Labute approximate surface area is 119 Å². The summed E-state index contributed by atoms with van der Waals surface area (Å²) in [5.41, 5.74) is 0.0764. The normalized spacial score (nSPS) is 14.0. The van der Waals surface area contributed by atoms with Gasteiger partial charge in [0.05, 0.1) is 12.3 Å². The van der Waals surface area contributed by atoms with Gasteiger partial charge in [-0.2, -0.15) is 0 Å². The van der Waals surface area contributed by atoms with E-state index in [1.165, 1.54) is 0 Å². The third kappa shape index (κ3) is 7.53. The molecule has 1 aromatic heterocycles. The van der Waals surface area contributed by atoms with Crippen LogP contribution in [0.2, 0.25) is 0 Å². The second kappa shape index (κ2) is 7.25. The van der Waals surface area contributed by atoms with Crippen molar-refractivity contribution in [3.63, 3.8) is 0 Å². The van der Waals surface area contributed by atoms with E-state index < -0.39 is 10.8 Å². The van der Waals surface area contributed by atoms with Crippen LogP contribution in [-0.2, 0) is 23.1 Å². The van der Waals surface area contributed by atoms with Crippen LogP contribution in [0.5, 0.6) is 0 Å². The zero-order valence-corrected chi connectivity index (χ0v) is 13.6. The summed E-state index contributed by atoms with van der Waals surface area (Å²) >= 11 is 0. The lowest BCUT2D eigenvalue weighted by molar-refractivity contribution is 0.382. The molecule has 1 aromatic rings. The average molecular weight is 285 g/mol. The second-order valence-electron chi connectivity index (χ2n) is 6.44. The standard InChI is InChI=1S/C15H27NO2S/c1-12(2)8-9-19(17)11-14-7-6-13(18-14)10-16-15(3,4)5/h6-7,12,16H,8-11H2,1-5H3. The van der Waals surface area contributed by atoms with Crippen molar-refractivity contribution < 1.29 is 8.63 Å². The summed E-state index contributed by atoms with van der Waals surface area (Å²) in [5.74, 6) is 3.63. The SMILES string of the molecule is CC(C)CCS(=O)Cc1ccc(CNC(C)(C)C)o1. The topological polar surface area (TPSA) is 42.2 Å². The summed E-state index contributed by atoms with van der Waals surface area (Å²) in [6.07, 6.45) is 1.01. The fourth-order valence-corrected chi connectivity index (χ4v) is 2.90. The quantitative estimate of drug-likeness (QED) is 0.834. The van der Waals surface area contributed by atoms with E-state index in [9.17, 15) is 4.21 Å². The maximum absolute atomic E-state index is 11.9. The smallest absolute Gasteiger partial charge is 0.118 e. The molecular formula is C15H27NO2S. The van der Waals surface area contributed by atoms with Gasteiger partial charge in [0.25, 0.3) is 0 Å². The van der Waals surface area contributed by atoms with Gasteiger partial charge >= 0.3 is 0 Å². The van der Waals surface area contributed by atoms with E-state index in [0.717, 1.165) is 23.7 Å². The van der Waals surface area contributed by atoms with Crippen LogP contribution in [0.3, 0.4) is 0 Å². The molecule has 0 fully saturated rings. The Bertz CT molecular complexity index is 405. The zero-order valence-electron chi connectivity index (χ0n) is 12.8. The highest BCUT2D eigenvalue weighted by Crippen LogP contribution is 2.13. The van der Waals surface area contributed by atoms with Crippen LogP contribution in [0.1, 0.15) is 52.6 Å². The minimum Gasteiger partial charge on any atom is -0.464 e. The van der Waals surface area contributed by atoms with Gasteiger partial charge in [-0.15, -0.1) is 0 Å². The van der Waals surface area contributed by atoms with Crippen molar-refractivity contribution in [2.24, 2.45) is 5.92 Å². The maximum atomic E-state index is 11.9. The first-order valence-corrected chi connectivity index (χ1v) is 8.42. The predicted octanol–water partition coefficient (Wildman–Crippen LogP) is 3.46. The third-order valence-corrected chi connectivity index (χ3v) is 4.03. The number of furan rings is 1. The van der Waals surface area contributed by atoms with Gasteiger partial charge in [-0.25, -0.2) is 0 Å². The van der Waals surface area contributed by atoms with Gasteiger partial charge in [0.15, 0.2) is 0 Å². The summed E-state index contributed by atoms with van der Waals surface area (Å²) in [4.78, 5) is 0. The molecule has 0 radical (unpaired) electrons. The van der Waals surface area contributed by atoms with E-state index in [4.69, 9.17) is 4.42 Å². The van der Waals surface area contributed by atoms with Crippen molar-refractivity contribution in [1.29, 1.82) is 0 Å². The lowest BCUT2D eigenvalue weighted by Gasteiger charge is -2.19. The Morgan fingerprint density at radius 2 is 1.89 bits per heavy atom. The highest BCUT2D eigenvalue weighted by Gasteiger charge is 2.11. The number of nitrogens with one attached hydrogen (secondary N) is 1. The fourth-order valence-electron chi connectivity index (χ4n) is 1.55. The summed E-state index contributed by atoms with van der Waals surface area (Å²) in [6, 6.07) is 3.90. The Kier molecular flexibility index (Phi) is 6.27. The second-order valence-corrected chi connectivity index (χ2v) is 8.02. The van der Waals surface area contributed by atoms with Crippen molar-refractivity contribution in [3.05, 3.63) is 23.7 Å². The molecule has 1 rings (SSSR count). The summed E-state index contributed by atoms with van der Waals surface area (Å²) in [5, 5.41) is 3.38. The van der Waals surface area contributed by atoms with Gasteiger partial charge in [-0.05, 0) is 45.2 Å². The van der Waals surface area contributed by atoms with Crippen molar-refractivity contribution in [2.45, 2.75) is 58.9 Å². The first-order valence-electron chi connectivity index (χ1n) is 6.94. The molecule has 0 aliphatic heterocycles. The molecule has 0 spiro atoms. The first kappa shape index (κ1) is 16.4. The Morgan fingerprint density at radius 3 is 2.47 bits per heavy atom. The monoisotopic (exact) mass is 285 g/mol. The molecule has 19 heavy (non-hydrogen) atoms. The number of hydrogen-bond donors (Lipinski definition) is 1. The van der Waals surface area contributed by atoms with Crippen LogP contribution in [-0.4, -0.2) is 15.5 Å². The summed E-state index contributed by atoms with van der Waals surface area (Å²) in [6.45, 7) is 11.4. The molecule has 0 saturated carbocycles. The average Bonchev–Trinajstić information content (AvgIpc) is 2.70. The van der Waals surface area contributed by atoms with Gasteiger partial charge in [0.2, 0.25) is 0 Å². The molecule has 1 heterocycles.